The second kappa shape index (κ2) is 8.33. The van der Waals surface area contributed by atoms with Crippen LogP contribution in [0.3, 0.4) is 0 Å². The van der Waals surface area contributed by atoms with Gasteiger partial charge in [0.1, 0.15) is 11.6 Å². The molecule has 0 radical (unpaired) electrons. The number of nitrogens with zero attached hydrogens (tertiary/aromatic N) is 4. The molecule has 9 nitrogen and oxygen atoms in total. The van der Waals surface area contributed by atoms with E-state index in [0.29, 0.717) is 47.7 Å². The van der Waals surface area contributed by atoms with E-state index in [4.69, 9.17) is 16.3 Å². The predicted octanol–water partition coefficient (Wildman–Crippen LogP) is 2.80. The quantitative estimate of drug-likeness (QED) is 0.433. The Morgan fingerprint density at radius 2 is 2.12 bits per heavy atom. The Morgan fingerprint density at radius 1 is 1.30 bits per heavy atom. The molecule has 1 fully saturated rings. The van der Waals surface area contributed by atoms with Crippen LogP contribution in [0.15, 0.2) is 36.7 Å². The lowest BCUT2D eigenvalue weighted by Crippen LogP contribution is -2.50. The number of aromatic nitrogens is 3. The molecule has 1 saturated heterocycles. The Bertz CT molecular complexity index is 1200. The van der Waals surface area contributed by atoms with Crippen molar-refractivity contribution in [2.45, 2.75) is 18.4 Å². The van der Waals surface area contributed by atoms with Crippen LogP contribution in [0.1, 0.15) is 12.5 Å². The zero-order valence-corrected chi connectivity index (χ0v) is 19.1. The summed E-state index contributed by atoms with van der Waals surface area (Å²) >= 11 is 6.51. The summed E-state index contributed by atoms with van der Waals surface area (Å²) in [7, 11) is 1.59. The largest absolute Gasteiger partial charge is 0.494 e. The number of nitrogens with one attached hydrogen (secondary N) is 2. The molecular weight excluding hydrogens is 444 g/mol. The van der Waals surface area contributed by atoms with Crippen LogP contribution in [-0.2, 0) is 5.41 Å². The van der Waals surface area contributed by atoms with Crippen molar-refractivity contribution >= 4 is 34.7 Å². The molecule has 0 spiro atoms. The van der Waals surface area contributed by atoms with Gasteiger partial charge in [-0.3, -0.25) is 0 Å². The maximum atomic E-state index is 9.86. The lowest BCUT2D eigenvalue weighted by atomic mass is 9.85. The van der Waals surface area contributed by atoms with Crippen LogP contribution in [0.25, 0.3) is 11.3 Å². The van der Waals surface area contributed by atoms with E-state index in [1.165, 1.54) is 0 Å². The molecule has 4 N–H and O–H groups in total. The van der Waals surface area contributed by atoms with Crippen molar-refractivity contribution in [3.63, 3.8) is 0 Å². The number of hydrogen-bond acceptors (Lipinski definition) is 9. The van der Waals surface area contributed by atoms with Crippen molar-refractivity contribution in [2.24, 2.45) is 0 Å². The molecule has 2 aromatic heterocycles. The van der Waals surface area contributed by atoms with Gasteiger partial charge in [-0.25, -0.2) is 15.0 Å². The van der Waals surface area contributed by atoms with E-state index >= 15 is 0 Å². The van der Waals surface area contributed by atoms with Gasteiger partial charge in [-0.15, -0.1) is 0 Å². The zero-order valence-electron chi connectivity index (χ0n) is 18.3. The van der Waals surface area contributed by atoms with Gasteiger partial charge in [0, 0.05) is 54.6 Å². The van der Waals surface area contributed by atoms with Crippen molar-refractivity contribution in [2.75, 3.05) is 48.9 Å². The van der Waals surface area contributed by atoms with Gasteiger partial charge in [0.15, 0.2) is 0 Å². The van der Waals surface area contributed by atoms with Gasteiger partial charge in [-0.1, -0.05) is 18.5 Å². The highest BCUT2D eigenvalue weighted by Crippen LogP contribution is 2.40. The second-order valence-electron chi connectivity index (χ2n) is 8.65. The summed E-state index contributed by atoms with van der Waals surface area (Å²) in [6.07, 6.45) is 3.10. The number of aliphatic hydroxyl groups is 2. The highest BCUT2D eigenvalue weighted by atomic mass is 35.5. The van der Waals surface area contributed by atoms with Gasteiger partial charge in [0.2, 0.25) is 5.95 Å². The maximum Gasteiger partial charge on any atom is 0.227 e. The minimum atomic E-state index is -0.384. The van der Waals surface area contributed by atoms with Crippen molar-refractivity contribution in [3.8, 4) is 17.0 Å². The van der Waals surface area contributed by atoms with E-state index in [1.807, 2.05) is 30.0 Å². The van der Waals surface area contributed by atoms with Crippen LogP contribution in [0, 0.1) is 0 Å². The Hall–Kier alpha value is -3.14. The number of pyridine rings is 1. The average Bonchev–Trinajstić information content (AvgIpc) is 3.14. The van der Waals surface area contributed by atoms with E-state index in [2.05, 4.69) is 25.6 Å². The lowest BCUT2D eigenvalue weighted by Gasteiger charge is -2.38. The molecule has 2 aliphatic heterocycles. The fourth-order valence-electron chi connectivity index (χ4n) is 4.12. The summed E-state index contributed by atoms with van der Waals surface area (Å²) in [5.41, 5.74) is 3.56. The smallest absolute Gasteiger partial charge is 0.227 e. The van der Waals surface area contributed by atoms with Crippen LogP contribution in [0.5, 0.6) is 5.75 Å². The summed E-state index contributed by atoms with van der Waals surface area (Å²) in [6, 6.07) is 7.44. The first-order valence-electron chi connectivity index (χ1n) is 10.7. The average molecular weight is 469 g/mol. The molecule has 5 rings (SSSR count). The Labute approximate surface area is 196 Å². The van der Waals surface area contributed by atoms with Crippen LogP contribution < -0.4 is 20.3 Å². The van der Waals surface area contributed by atoms with Crippen LogP contribution in [0.4, 0.5) is 23.1 Å². The molecule has 33 heavy (non-hydrogen) atoms. The van der Waals surface area contributed by atoms with E-state index in [9.17, 15) is 10.2 Å². The summed E-state index contributed by atoms with van der Waals surface area (Å²) in [5, 5.41) is 26.4. The standard InChI is InChI=1S/C23H25ClN6O3/c1-23(12-31)11-27-21-15(23)5-13(8-26-21)17-3-4-25-22(28-17)29-18-6-16(24)19(7-20(18)33-2)30-9-14(32)10-30/h3-8,14,31-32H,9-12H2,1-2H3,(H,26,27)(H,25,28,29). The molecular formula is C23H25ClN6O3. The first-order chi connectivity index (χ1) is 15.9. The van der Waals surface area contributed by atoms with Crippen LogP contribution >= 0.6 is 11.6 Å². The minimum absolute atomic E-state index is 0.0294. The van der Waals surface area contributed by atoms with Crippen molar-refractivity contribution in [1.29, 1.82) is 0 Å². The molecule has 0 saturated carbocycles. The minimum Gasteiger partial charge on any atom is -0.494 e. The van der Waals surface area contributed by atoms with Gasteiger partial charge >= 0.3 is 0 Å². The Balaban J connectivity index is 1.43. The Morgan fingerprint density at radius 3 is 2.85 bits per heavy atom. The number of methoxy groups -OCH3 is 1. The number of benzene rings is 1. The number of anilines is 4. The van der Waals surface area contributed by atoms with E-state index < -0.39 is 0 Å². The molecule has 2 aliphatic rings. The molecule has 0 amide bonds. The third-order valence-electron chi connectivity index (χ3n) is 6.20. The number of β-amino-alcohol motifs (C(OH)–C–C–N with tert-alkyl or cyclic N) is 1. The SMILES string of the molecule is COc1cc(N2CC(O)C2)c(Cl)cc1Nc1nccc(-c2cnc3c(c2)C(C)(CO)CN3)n1. The Kier molecular flexibility index (Phi) is 5.48. The molecule has 1 atom stereocenters. The van der Waals surface area contributed by atoms with Gasteiger partial charge in [-0.05, 0) is 18.2 Å². The fourth-order valence-corrected chi connectivity index (χ4v) is 4.41. The summed E-state index contributed by atoms with van der Waals surface area (Å²) in [4.78, 5) is 15.5. The number of hydrogen-bond donors (Lipinski definition) is 4. The summed E-state index contributed by atoms with van der Waals surface area (Å²) in [5.74, 6) is 1.77. The van der Waals surface area contributed by atoms with Gasteiger partial charge in [0.05, 0.1) is 41.9 Å². The maximum absolute atomic E-state index is 9.86. The number of halogens is 1. The molecule has 4 heterocycles. The second-order valence-corrected chi connectivity index (χ2v) is 9.05. The predicted molar refractivity (Wildman–Crippen MR) is 128 cm³/mol. The number of fused-ring (bicyclic) bond motifs is 1. The molecule has 1 aromatic carbocycles. The number of rotatable bonds is 6. The fraction of sp³-hybridized carbons (Fsp3) is 0.348. The van der Waals surface area contributed by atoms with Crippen LogP contribution in [-0.4, -0.2) is 64.6 Å². The number of aliphatic hydroxyl groups excluding tert-OH is 2. The zero-order chi connectivity index (χ0) is 23.2. The summed E-state index contributed by atoms with van der Waals surface area (Å²) in [6.45, 7) is 3.76. The molecule has 172 valence electrons. The van der Waals surface area contributed by atoms with E-state index in [-0.39, 0.29) is 18.1 Å². The molecule has 0 bridgehead atoms. The monoisotopic (exact) mass is 468 g/mol. The molecule has 0 aliphatic carbocycles. The third-order valence-corrected chi connectivity index (χ3v) is 6.51. The van der Waals surface area contributed by atoms with Gasteiger partial charge < -0.3 is 30.5 Å². The summed E-state index contributed by atoms with van der Waals surface area (Å²) < 4.78 is 5.55. The molecule has 1 unspecified atom stereocenters. The third kappa shape index (κ3) is 3.92. The highest BCUT2D eigenvalue weighted by Gasteiger charge is 2.35. The topological polar surface area (TPSA) is 116 Å². The molecule has 10 heteroatoms. The van der Waals surface area contributed by atoms with Gasteiger partial charge in [-0.2, -0.15) is 0 Å². The highest BCUT2D eigenvalue weighted by molar-refractivity contribution is 6.33. The van der Waals surface area contributed by atoms with Gasteiger partial charge in [0.25, 0.3) is 0 Å². The van der Waals surface area contributed by atoms with Crippen molar-refractivity contribution in [3.05, 3.63) is 47.2 Å². The molecule has 3 aromatic rings. The first-order valence-corrected chi connectivity index (χ1v) is 11.0. The van der Waals surface area contributed by atoms with E-state index in [0.717, 1.165) is 22.6 Å². The van der Waals surface area contributed by atoms with Crippen molar-refractivity contribution < 1.29 is 14.9 Å². The first kappa shape index (κ1) is 21.7. The normalized spacial score (nSPS) is 19.6. The lowest BCUT2D eigenvalue weighted by molar-refractivity contribution is 0.142. The van der Waals surface area contributed by atoms with Crippen molar-refractivity contribution in [1.82, 2.24) is 15.0 Å². The van der Waals surface area contributed by atoms with E-state index in [1.54, 1.807) is 25.6 Å². The number of ether oxygens (including phenoxy) is 1. The van der Waals surface area contributed by atoms with Crippen LogP contribution in [0.2, 0.25) is 5.02 Å².